The lowest BCUT2D eigenvalue weighted by Gasteiger charge is -2.11. The molecular weight excluding hydrogens is 476 g/mol. The predicted molar refractivity (Wildman–Crippen MR) is 118 cm³/mol. The summed E-state index contributed by atoms with van der Waals surface area (Å²) in [6.45, 7) is 2.60. The predicted octanol–water partition coefficient (Wildman–Crippen LogP) is 5.56. The highest BCUT2D eigenvalue weighted by molar-refractivity contribution is 9.10. The van der Waals surface area contributed by atoms with Crippen molar-refractivity contribution >= 4 is 50.2 Å². The van der Waals surface area contributed by atoms with Gasteiger partial charge in [-0.15, -0.1) is 10.2 Å². The first kappa shape index (κ1) is 20.1. The molecule has 0 saturated heterocycles. The van der Waals surface area contributed by atoms with Crippen LogP contribution in [0, 0.1) is 0 Å². The zero-order valence-corrected chi connectivity index (χ0v) is 18.6. The van der Waals surface area contributed by atoms with Crippen LogP contribution >= 0.6 is 39.3 Å². The van der Waals surface area contributed by atoms with Gasteiger partial charge in [-0.1, -0.05) is 42.4 Å². The Morgan fingerprint density at radius 2 is 2.03 bits per heavy atom. The van der Waals surface area contributed by atoms with Gasteiger partial charge in [-0.25, -0.2) is 4.98 Å². The molecule has 0 aliphatic rings. The molecule has 0 N–H and O–H groups in total. The van der Waals surface area contributed by atoms with E-state index in [4.69, 9.17) is 16.0 Å². The lowest BCUT2D eigenvalue weighted by Crippen LogP contribution is -2.23. The van der Waals surface area contributed by atoms with Gasteiger partial charge in [-0.2, -0.15) is 0 Å². The van der Waals surface area contributed by atoms with Crippen molar-refractivity contribution in [2.75, 3.05) is 0 Å². The van der Waals surface area contributed by atoms with Gasteiger partial charge in [0.2, 0.25) is 11.8 Å². The van der Waals surface area contributed by atoms with Crippen molar-refractivity contribution in [2.45, 2.75) is 30.8 Å². The van der Waals surface area contributed by atoms with Crippen molar-refractivity contribution in [3.63, 3.8) is 0 Å². The summed E-state index contributed by atoms with van der Waals surface area (Å²) in [5.41, 5.74) is 1.34. The van der Waals surface area contributed by atoms with E-state index in [-0.39, 0.29) is 5.56 Å². The summed E-state index contributed by atoms with van der Waals surface area (Å²) in [6, 6.07) is 12.8. The maximum absolute atomic E-state index is 12.9. The van der Waals surface area contributed by atoms with Gasteiger partial charge in [0.1, 0.15) is 0 Å². The normalized spacial score (nSPS) is 11.3. The summed E-state index contributed by atoms with van der Waals surface area (Å²) < 4.78 is 8.37. The lowest BCUT2D eigenvalue weighted by atomic mass is 10.2. The van der Waals surface area contributed by atoms with E-state index in [0.717, 1.165) is 16.5 Å². The second-order valence-corrected chi connectivity index (χ2v) is 8.52. The van der Waals surface area contributed by atoms with E-state index >= 15 is 0 Å². The van der Waals surface area contributed by atoms with Crippen molar-refractivity contribution < 1.29 is 4.42 Å². The summed E-state index contributed by atoms with van der Waals surface area (Å²) in [5, 5.41) is 9.97. The van der Waals surface area contributed by atoms with Gasteiger partial charge in [0.05, 0.1) is 22.2 Å². The minimum Gasteiger partial charge on any atom is -0.420 e. The average molecular weight is 492 g/mol. The number of benzene rings is 2. The zero-order chi connectivity index (χ0) is 20.4. The van der Waals surface area contributed by atoms with Crippen LogP contribution in [-0.4, -0.2) is 19.7 Å². The van der Waals surface area contributed by atoms with E-state index in [1.165, 1.54) is 11.8 Å². The fourth-order valence-corrected chi connectivity index (χ4v) is 4.37. The number of halogens is 2. The highest BCUT2D eigenvalue weighted by Gasteiger charge is 2.15. The van der Waals surface area contributed by atoms with Crippen LogP contribution in [0.3, 0.4) is 0 Å². The molecule has 0 atom stereocenters. The number of fused-ring (bicyclic) bond motifs is 1. The monoisotopic (exact) mass is 490 g/mol. The zero-order valence-electron chi connectivity index (χ0n) is 15.4. The number of aromatic nitrogens is 4. The molecule has 4 aromatic rings. The van der Waals surface area contributed by atoms with Crippen LogP contribution in [0.1, 0.15) is 19.2 Å². The van der Waals surface area contributed by atoms with Gasteiger partial charge in [0, 0.05) is 16.0 Å². The Bertz CT molecular complexity index is 1240. The molecule has 2 heterocycles. The third kappa shape index (κ3) is 4.24. The highest BCUT2D eigenvalue weighted by atomic mass is 79.9. The highest BCUT2D eigenvalue weighted by Crippen LogP contribution is 2.28. The van der Waals surface area contributed by atoms with Crippen LogP contribution in [0.4, 0.5) is 0 Å². The largest absolute Gasteiger partial charge is 0.420 e. The molecule has 29 heavy (non-hydrogen) atoms. The second-order valence-electron chi connectivity index (χ2n) is 6.28. The number of hydrogen-bond donors (Lipinski definition) is 0. The van der Waals surface area contributed by atoms with Gasteiger partial charge in [-0.3, -0.25) is 9.36 Å². The molecule has 0 saturated carbocycles. The van der Waals surface area contributed by atoms with Crippen LogP contribution < -0.4 is 5.56 Å². The maximum atomic E-state index is 12.9. The fourth-order valence-electron chi connectivity index (χ4n) is 2.89. The molecule has 9 heteroatoms. The van der Waals surface area contributed by atoms with E-state index < -0.39 is 0 Å². The van der Waals surface area contributed by atoms with Crippen molar-refractivity contribution in [3.8, 4) is 11.5 Å². The Hall–Kier alpha value is -2.16. The molecule has 0 unspecified atom stereocenters. The smallest absolute Gasteiger partial charge is 0.262 e. The molecule has 2 aromatic heterocycles. The molecule has 0 spiro atoms. The SMILES string of the molecule is CCCn1c(SCc2nnc(-c3ccccc3Br)o2)nc2cc(Cl)ccc2c1=O. The Kier molecular flexibility index (Phi) is 6.03. The number of rotatable bonds is 6. The third-order valence-electron chi connectivity index (χ3n) is 4.23. The van der Waals surface area contributed by atoms with E-state index in [9.17, 15) is 4.79 Å². The van der Waals surface area contributed by atoms with Crippen molar-refractivity contribution in [1.29, 1.82) is 0 Å². The van der Waals surface area contributed by atoms with Crippen LogP contribution in [0.2, 0.25) is 5.02 Å². The maximum Gasteiger partial charge on any atom is 0.262 e. The molecule has 2 aromatic carbocycles. The van der Waals surface area contributed by atoms with Crippen LogP contribution in [0.15, 0.2) is 61.3 Å². The Morgan fingerprint density at radius 3 is 2.83 bits per heavy atom. The summed E-state index contributed by atoms with van der Waals surface area (Å²) in [7, 11) is 0. The first-order valence-corrected chi connectivity index (χ1v) is 11.1. The molecule has 4 rings (SSSR count). The number of thioether (sulfide) groups is 1. The molecule has 0 aliphatic carbocycles. The molecule has 148 valence electrons. The summed E-state index contributed by atoms with van der Waals surface area (Å²) in [4.78, 5) is 17.6. The third-order valence-corrected chi connectivity index (χ3v) is 6.11. The van der Waals surface area contributed by atoms with Gasteiger partial charge in [0.25, 0.3) is 5.56 Å². The van der Waals surface area contributed by atoms with Gasteiger partial charge in [0.15, 0.2) is 5.16 Å². The number of nitrogens with zero attached hydrogens (tertiary/aromatic N) is 4. The topological polar surface area (TPSA) is 73.8 Å². The summed E-state index contributed by atoms with van der Waals surface area (Å²) in [6.07, 6.45) is 0.820. The fraction of sp³-hybridized carbons (Fsp3) is 0.200. The lowest BCUT2D eigenvalue weighted by molar-refractivity contribution is 0.527. The Morgan fingerprint density at radius 1 is 1.21 bits per heavy atom. The van der Waals surface area contributed by atoms with Gasteiger partial charge >= 0.3 is 0 Å². The van der Waals surface area contributed by atoms with Gasteiger partial charge < -0.3 is 4.42 Å². The van der Waals surface area contributed by atoms with Crippen LogP contribution in [0.5, 0.6) is 0 Å². The van der Waals surface area contributed by atoms with Crippen LogP contribution in [0.25, 0.3) is 22.4 Å². The standard InChI is InChI=1S/C20H16BrClN4O2S/c1-2-9-26-19(27)14-8-7-12(22)10-16(14)23-20(26)29-11-17-24-25-18(28-17)13-5-3-4-6-15(13)21/h3-8,10H,2,9,11H2,1H3. The number of hydrogen-bond acceptors (Lipinski definition) is 6. The molecule has 0 fully saturated rings. The Labute approximate surface area is 184 Å². The minimum atomic E-state index is -0.0737. The molecular formula is C20H16BrClN4O2S. The summed E-state index contributed by atoms with van der Waals surface area (Å²) in [5.74, 6) is 1.31. The molecule has 0 radical (unpaired) electrons. The second kappa shape index (κ2) is 8.69. The Balaban J connectivity index is 1.64. The van der Waals surface area contributed by atoms with Crippen LogP contribution in [-0.2, 0) is 12.3 Å². The van der Waals surface area contributed by atoms with Crippen molar-refractivity contribution in [1.82, 2.24) is 19.7 Å². The van der Waals surface area contributed by atoms with Crippen molar-refractivity contribution in [3.05, 3.63) is 68.2 Å². The summed E-state index contributed by atoms with van der Waals surface area (Å²) >= 11 is 11.0. The first-order chi connectivity index (χ1) is 14.1. The first-order valence-electron chi connectivity index (χ1n) is 8.97. The van der Waals surface area contributed by atoms with E-state index in [1.54, 1.807) is 22.8 Å². The van der Waals surface area contributed by atoms with E-state index in [1.807, 2.05) is 31.2 Å². The molecule has 6 nitrogen and oxygen atoms in total. The molecule has 0 bridgehead atoms. The van der Waals surface area contributed by atoms with E-state index in [0.29, 0.717) is 45.2 Å². The quantitative estimate of drug-likeness (QED) is 0.259. The molecule has 0 aliphatic heterocycles. The molecule has 0 amide bonds. The van der Waals surface area contributed by atoms with E-state index in [2.05, 4.69) is 31.1 Å². The minimum absolute atomic E-state index is 0.0737. The average Bonchev–Trinajstić information content (AvgIpc) is 3.18. The van der Waals surface area contributed by atoms with Crippen molar-refractivity contribution in [2.24, 2.45) is 0 Å². The van der Waals surface area contributed by atoms with Gasteiger partial charge in [-0.05, 0) is 52.7 Å².